The van der Waals surface area contributed by atoms with E-state index < -0.39 is 0 Å². The zero-order valence-electron chi connectivity index (χ0n) is 19.3. The van der Waals surface area contributed by atoms with E-state index in [0.29, 0.717) is 44.6 Å². The Morgan fingerprint density at radius 2 is 1.81 bits per heavy atom. The molecule has 2 N–H and O–H groups in total. The molecule has 32 heavy (non-hydrogen) atoms. The zero-order chi connectivity index (χ0) is 22.8. The second-order valence-corrected chi connectivity index (χ2v) is 8.35. The summed E-state index contributed by atoms with van der Waals surface area (Å²) >= 11 is 0. The van der Waals surface area contributed by atoms with Gasteiger partial charge in [-0.15, -0.1) is 0 Å². The van der Waals surface area contributed by atoms with Crippen LogP contribution in [0.3, 0.4) is 0 Å². The number of rotatable bonds is 11. The number of aliphatic hydroxyl groups is 1. The maximum atomic E-state index is 12.6. The molecule has 1 heterocycles. The maximum absolute atomic E-state index is 12.6. The molecule has 0 radical (unpaired) electrons. The third-order valence-electron chi connectivity index (χ3n) is 5.86. The molecule has 0 bridgehead atoms. The number of benzene rings is 2. The summed E-state index contributed by atoms with van der Waals surface area (Å²) < 4.78 is 11.4. The van der Waals surface area contributed by atoms with Crippen molar-refractivity contribution in [3.05, 3.63) is 53.6 Å². The van der Waals surface area contributed by atoms with Gasteiger partial charge in [0.05, 0.1) is 19.8 Å². The molecular formula is C26H36N2O4. The number of amides is 1. The van der Waals surface area contributed by atoms with Crippen LogP contribution in [0, 0.1) is 0 Å². The molecule has 0 aromatic heterocycles. The van der Waals surface area contributed by atoms with Crippen LogP contribution in [0.25, 0.3) is 0 Å². The molecule has 2 aromatic rings. The molecule has 0 saturated carbocycles. The van der Waals surface area contributed by atoms with E-state index >= 15 is 0 Å². The van der Waals surface area contributed by atoms with Crippen molar-refractivity contribution < 1.29 is 19.4 Å². The summed E-state index contributed by atoms with van der Waals surface area (Å²) in [4.78, 5) is 14.4. The Hall–Kier alpha value is -2.73. The van der Waals surface area contributed by atoms with Crippen LogP contribution in [0.15, 0.2) is 42.5 Å². The van der Waals surface area contributed by atoms with Crippen LogP contribution in [-0.2, 0) is 6.54 Å². The van der Waals surface area contributed by atoms with E-state index in [2.05, 4.69) is 12.2 Å². The molecule has 1 amide bonds. The molecule has 2 aromatic carbocycles. The number of unbranched alkanes of at least 4 members (excludes halogenated alkanes) is 3. The Morgan fingerprint density at radius 3 is 2.50 bits per heavy atom. The molecular weight excluding hydrogens is 404 g/mol. The van der Waals surface area contributed by atoms with Gasteiger partial charge in [0.25, 0.3) is 5.91 Å². The van der Waals surface area contributed by atoms with E-state index in [9.17, 15) is 9.90 Å². The van der Waals surface area contributed by atoms with Gasteiger partial charge in [-0.3, -0.25) is 4.79 Å². The number of carbonyl (C=O) groups is 1. The topological polar surface area (TPSA) is 71.0 Å². The monoisotopic (exact) mass is 440 g/mol. The Morgan fingerprint density at radius 1 is 1.06 bits per heavy atom. The summed E-state index contributed by atoms with van der Waals surface area (Å²) in [5.74, 6) is 1.55. The highest BCUT2D eigenvalue weighted by Gasteiger charge is 2.22. The average molecular weight is 441 g/mol. The Kier molecular flexibility index (Phi) is 9.23. The molecule has 1 fully saturated rings. The number of methoxy groups -OCH3 is 1. The minimum atomic E-state index is -0.282. The lowest BCUT2D eigenvalue weighted by Crippen LogP contribution is -2.40. The first kappa shape index (κ1) is 23.9. The molecule has 6 heteroatoms. The fourth-order valence-corrected chi connectivity index (χ4v) is 3.84. The first-order valence-electron chi connectivity index (χ1n) is 11.7. The number of nitrogens with one attached hydrogen (secondary N) is 1. The van der Waals surface area contributed by atoms with E-state index in [-0.39, 0.29) is 12.0 Å². The number of aliphatic hydroxyl groups excluding tert-OH is 1. The van der Waals surface area contributed by atoms with Crippen molar-refractivity contribution in [2.75, 3.05) is 32.1 Å². The lowest BCUT2D eigenvalue weighted by molar-refractivity contribution is 0.0546. The first-order valence-corrected chi connectivity index (χ1v) is 11.7. The Balaban J connectivity index is 1.50. The normalized spacial score (nSPS) is 14.3. The van der Waals surface area contributed by atoms with Gasteiger partial charge in [-0.05, 0) is 61.2 Å². The smallest absolute Gasteiger partial charge is 0.253 e. The van der Waals surface area contributed by atoms with Crippen LogP contribution in [-0.4, -0.2) is 48.8 Å². The molecule has 1 saturated heterocycles. The number of hydrogen-bond donors (Lipinski definition) is 2. The van der Waals surface area contributed by atoms with E-state index in [1.165, 1.54) is 19.3 Å². The van der Waals surface area contributed by atoms with Gasteiger partial charge in [0, 0.05) is 30.9 Å². The standard InChI is InChI=1S/C26H36N2O4/c1-3-4-5-6-17-32-24-12-7-20(18-25(24)31-2)19-27-22-10-8-21(9-11-22)26(30)28-15-13-23(29)14-16-28/h7-12,18,23,27,29H,3-6,13-17,19H2,1-2H3. The summed E-state index contributed by atoms with van der Waals surface area (Å²) in [5.41, 5.74) is 2.71. The van der Waals surface area contributed by atoms with Crippen LogP contribution < -0.4 is 14.8 Å². The van der Waals surface area contributed by atoms with Crippen LogP contribution >= 0.6 is 0 Å². The van der Waals surface area contributed by atoms with Crippen LogP contribution in [0.2, 0.25) is 0 Å². The van der Waals surface area contributed by atoms with Gasteiger partial charge in [0.15, 0.2) is 11.5 Å². The summed E-state index contributed by atoms with van der Waals surface area (Å²) in [6.07, 6.45) is 5.71. The summed E-state index contributed by atoms with van der Waals surface area (Å²) in [6, 6.07) is 13.6. The van der Waals surface area contributed by atoms with Gasteiger partial charge in [-0.25, -0.2) is 0 Å². The number of carbonyl (C=O) groups excluding carboxylic acids is 1. The summed E-state index contributed by atoms with van der Waals surface area (Å²) in [6.45, 7) is 4.77. The van der Waals surface area contributed by atoms with Gasteiger partial charge in [0.2, 0.25) is 0 Å². The van der Waals surface area contributed by atoms with Gasteiger partial charge in [0.1, 0.15) is 0 Å². The van der Waals surface area contributed by atoms with E-state index in [1.807, 2.05) is 47.4 Å². The van der Waals surface area contributed by atoms with Crippen molar-refractivity contribution >= 4 is 11.6 Å². The van der Waals surface area contributed by atoms with E-state index in [0.717, 1.165) is 29.2 Å². The quantitative estimate of drug-likeness (QED) is 0.488. The van der Waals surface area contributed by atoms with Crippen molar-refractivity contribution in [3.8, 4) is 11.5 Å². The molecule has 0 spiro atoms. The minimum absolute atomic E-state index is 0.0264. The second kappa shape index (κ2) is 12.3. The molecule has 0 atom stereocenters. The third kappa shape index (κ3) is 6.89. The summed E-state index contributed by atoms with van der Waals surface area (Å²) in [5, 5.41) is 13.0. The molecule has 0 aliphatic carbocycles. The van der Waals surface area contributed by atoms with E-state index in [1.54, 1.807) is 7.11 Å². The fourth-order valence-electron chi connectivity index (χ4n) is 3.84. The van der Waals surface area contributed by atoms with Gasteiger partial charge >= 0.3 is 0 Å². The molecule has 1 aliphatic rings. The van der Waals surface area contributed by atoms with Crippen molar-refractivity contribution in [1.82, 2.24) is 4.90 Å². The highest BCUT2D eigenvalue weighted by atomic mass is 16.5. The van der Waals surface area contributed by atoms with Crippen molar-refractivity contribution in [2.24, 2.45) is 0 Å². The first-order chi connectivity index (χ1) is 15.6. The number of nitrogens with zero attached hydrogens (tertiary/aromatic N) is 1. The van der Waals surface area contributed by atoms with Crippen LogP contribution in [0.5, 0.6) is 11.5 Å². The molecule has 0 unspecified atom stereocenters. The predicted octanol–water partition coefficient (Wildman–Crippen LogP) is 4.86. The predicted molar refractivity (Wildman–Crippen MR) is 128 cm³/mol. The molecule has 3 rings (SSSR count). The number of likely N-dealkylation sites (tertiary alicyclic amines) is 1. The molecule has 6 nitrogen and oxygen atoms in total. The van der Waals surface area contributed by atoms with Crippen LogP contribution in [0.4, 0.5) is 5.69 Å². The lowest BCUT2D eigenvalue weighted by Gasteiger charge is -2.29. The minimum Gasteiger partial charge on any atom is -0.493 e. The highest BCUT2D eigenvalue weighted by molar-refractivity contribution is 5.94. The SMILES string of the molecule is CCCCCCOc1ccc(CNc2ccc(C(=O)N3CCC(O)CC3)cc2)cc1OC. The van der Waals surface area contributed by atoms with Gasteiger partial charge < -0.3 is 24.8 Å². The Bertz CT molecular complexity index is 845. The van der Waals surface area contributed by atoms with E-state index in [4.69, 9.17) is 9.47 Å². The summed E-state index contributed by atoms with van der Waals surface area (Å²) in [7, 11) is 1.66. The van der Waals surface area contributed by atoms with Crippen LogP contribution in [0.1, 0.15) is 61.4 Å². The number of hydrogen-bond acceptors (Lipinski definition) is 5. The van der Waals surface area contributed by atoms with Gasteiger partial charge in [-0.1, -0.05) is 32.3 Å². The van der Waals surface area contributed by atoms with Crippen molar-refractivity contribution in [3.63, 3.8) is 0 Å². The maximum Gasteiger partial charge on any atom is 0.253 e. The number of piperidine rings is 1. The fraction of sp³-hybridized carbons (Fsp3) is 0.500. The number of ether oxygens (including phenoxy) is 2. The molecule has 1 aliphatic heterocycles. The highest BCUT2D eigenvalue weighted by Crippen LogP contribution is 2.29. The third-order valence-corrected chi connectivity index (χ3v) is 5.86. The van der Waals surface area contributed by atoms with Gasteiger partial charge in [-0.2, -0.15) is 0 Å². The zero-order valence-corrected chi connectivity index (χ0v) is 19.3. The lowest BCUT2D eigenvalue weighted by atomic mass is 10.1. The van der Waals surface area contributed by atoms with Crippen molar-refractivity contribution in [2.45, 2.75) is 58.1 Å². The molecule has 174 valence electrons. The second-order valence-electron chi connectivity index (χ2n) is 8.35. The van der Waals surface area contributed by atoms with Crippen molar-refractivity contribution in [1.29, 1.82) is 0 Å². The average Bonchev–Trinajstić information content (AvgIpc) is 2.83. The largest absolute Gasteiger partial charge is 0.493 e. The number of anilines is 1. The Labute approximate surface area is 191 Å².